The van der Waals surface area contributed by atoms with E-state index in [1.165, 1.54) is 31.2 Å². The van der Waals surface area contributed by atoms with Gasteiger partial charge < -0.3 is 15.5 Å². The molecule has 0 heterocycles. The zero-order valence-corrected chi connectivity index (χ0v) is 12.2. The molecule has 1 amide bonds. The minimum Gasteiger partial charge on any atom is -0.390 e. The number of benzene rings is 1. The number of hydrogen-bond acceptors (Lipinski definition) is 5. The Labute approximate surface area is 118 Å². The number of carbonyl (C=O) groups excluding carboxylic acids is 1. The number of aliphatic hydroxyl groups is 2. The van der Waals surface area contributed by atoms with Gasteiger partial charge >= 0.3 is 0 Å². The molecule has 20 heavy (non-hydrogen) atoms. The molecule has 7 heteroatoms. The van der Waals surface area contributed by atoms with Crippen molar-refractivity contribution in [2.45, 2.75) is 30.4 Å². The summed E-state index contributed by atoms with van der Waals surface area (Å²) in [5, 5.41) is 22.3. The summed E-state index contributed by atoms with van der Waals surface area (Å²) < 4.78 is 22.6. The molecule has 0 spiro atoms. The molecule has 0 saturated carbocycles. The van der Waals surface area contributed by atoms with E-state index >= 15 is 0 Å². The molecule has 1 aromatic rings. The fourth-order valence-corrected chi connectivity index (χ4v) is 2.32. The molecule has 0 radical (unpaired) electrons. The highest BCUT2D eigenvalue weighted by atomic mass is 32.2. The number of nitrogens with one attached hydrogen (secondary N) is 1. The van der Waals surface area contributed by atoms with Gasteiger partial charge in [-0.3, -0.25) is 4.79 Å². The standard InChI is InChI=1S/C13H19NO5S/c1-9(15)14-8-7-12(16)13(17)10-3-5-11(6-4-10)20(2,18)19/h3-6,12-13,16-17H,7-8H2,1-2H3,(H,14,15). The number of carbonyl (C=O) groups is 1. The smallest absolute Gasteiger partial charge is 0.216 e. The molecule has 2 atom stereocenters. The summed E-state index contributed by atoms with van der Waals surface area (Å²) in [6.07, 6.45) is -0.863. The highest BCUT2D eigenvalue weighted by molar-refractivity contribution is 7.90. The lowest BCUT2D eigenvalue weighted by molar-refractivity contribution is -0.119. The van der Waals surface area contributed by atoms with E-state index in [1.807, 2.05) is 0 Å². The van der Waals surface area contributed by atoms with Crippen LogP contribution in [-0.2, 0) is 14.6 Å². The fraction of sp³-hybridized carbons (Fsp3) is 0.462. The van der Waals surface area contributed by atoms with Crippen LogP contribution in [0.4, 0.5) is 0 Å². The second-order valence-corrected chi connectivity index (χ2v) is 6.64. The van der Waals surface area contributed by atoms with Crippen molar-refractivity contribution in [3.05, 3.63) is 29.8 Å². The van der Waals surface area contributed by atoms with E-state index in [4.69, 9.17) is 0 Å². The first-order chi connectivity index (χ1) is 9.21. The van der Waals surface area contributed by atoms with Gasteiger partial charge in [0.25, 0.3) is 0 Å². The van der Waals surface area contributed by atoms with Crippen LogP contribution in [0.15, 0.2) is 29.2 Å². The van der Waals surface area contributed by atoms with Crippen LogP contribution >= 0.6 is 0 Å². The van der Waals surface area contributed by atoms with Crippen molar-refractivity contribution in [2.75, 3.05) is 12.8 Å². The van der Waals surface area contributed by atoms with Gasteiger partial charge in [0.05, 0.1) is 11.0 Å². The summed E-state index contributed by atoms with van der Waals surface area (Å²) in [4.78, 5) is 10.8. The van der Waals surface area contributed by atoms with E-state index in [9.17, 15) is 23.4 Å². The molecular weight excluding hydrogens is 282 g/mol. The lowest BCUT2D eigenvalue weighted by Gasteiger charge is -2.18. The van der Waals surface area contributed by atoms with Crippen LogP contribution in [0.25, 0.3) is 0 Å². The first kappa shape index (κ1) is 16.6. The average Bonchev–Trinajstić information content (AvgIpc) is 2.36. The summed E-state index contributed by atoms with van der Waals surface area (Å²) >= 11 is 0. The summed E-state index contributed by atoms with van der Waals surface area (Å²) in [5.41, 5.74) is 0.424. The Kier molecular flexibility index (Phi) is 5.67. The molecule has 0 saturated heterocycles. The fourth-order valence-electron chi connectivity index (χ4n) is 1.69. The highest BCUT2D eigenvalue weighted by Crippen LogP contribution is 2.20. The maximum absolute atomic E-state index is 11.3. The SMILES string of the molecule is CC(=O)NCCC(O)C(O)c1ccc(S(C)(=O)=O)cc1. The maximum Gasteiger partial charge on any atom is 0.216 e. The molecule has 1 aromatic carbocycles. The Morgan fingerprint density at radius 2 is 1.80 bits per heavy atom. The summed E-state index contributed by atoms with van der Waals surface area (Å²) in [6.45, 7) is 1.63. The topological polar surface area (TPSA) is 104 Å². The van der Waals surface area contributed by atoms with E-state index in [2.05, 4.69) is 5.32 Å². The quantitative estimate of drug-likeness (QED) is 0.687. The predicted molar refractivity (Wildman–Crippen MR) is 73.8 cm³/mol. The third kappa shape index (κ3) is 4.92. The van der Waals surface area contributed by atoms with Gasteiger partial charge in [0.1, 0.15) is 6.10 Å². The van der Waals surface area contributed by atoms with E-state index in [0.29, 0.717) is 5.56 Å². The van der Waals surface area contributed by atoms with Crippen molar-refractivity contribution in [1.29, 1.82) is 0 Å². The minimum absolute atomic E-state index is 0.154. The second-order valence-electron chi connectivity index (χ2n) is 4.63. The van der Waals surface area contributed by atoms with Gasteiger partial charge in [-0.05, 0) is 24.1 Å². The van der Waals surface area contributed by atoms with Gasteiger partial charge in [0, 0.05) is 19.7 Å². The number of rotatable bonds is 6. The van der Waals surface area contributed by atoms with Crippen LogP contribution in [0, 0.1) is 0 Å². The van der Waals surface area contributed by atoms with Crippen molar-refractivity contribution in [3.8, 4) is 0 Å². The largest absolute Gasteiger partial charge is 0.390 e. The van der Waals surface area contributed by atoms with Crippen LogP contribution in [0.5, 0.6) is 0 Å². The van der Waals surface area contributed by atoms with E-state index in [1.54, 1.807) is 0 Å². The molecule has 2 unspecified atom stereocenters. The lowest BCUT2D eigenvalue weighted by Crippen LogP contribution is -2.27. The third-order valence-electron chi connectivity index (χ3n) is 2.83. The monoisotopic (exact) mass is 301 g/mol. The van der Waals surface area contributed by atoms with Crippen LogP contribution < -0.4 is 5.32 Å². The van der Waals surface area contributed by atoms with E-state index < -0.39 is 22.0 Å². The summed E-state index contributed by atoms with van der Waals surface area (Å²) in [5.74, 6) is -0.204. The molecule has 3 N–H and O–H groups in total. The zero-order valence-electron chi connectivity index (χ0n) is 11.4. The lowest BCUT2D eigenvalue weighted by atomic mass is 10.0. The molecule has 0 aliphatic carbocycles. The third-order valence-corrected chi connectivity index (χ3v) is 3.96. The summed E-state index contributed by atoms with van der Waals surface area (Å²) in [7, 11) is -3.28. The van der Waals surface area contributed by atoms with Gasteiger partial charge in [0.2, 0.25) is 5.91 Å². The normalized spacial score (nSPS) is 14.6. The first-order valence-electron chi connectivity index (χ1n) is 6.12. The molecule has 0 bridgehead atoms. The minimum atomic E-state index is -3.28. The van der Waals surface area contributed by atoms with Crippen LogP contribution in [-0.4, -0.2) is 43.4 Å². The predicted octanol–water partition coefficient (Wildman–Crippen LogP) is 0.0106. The van der Waals surface area contributed by atoms with Crippen molar-refractivity contribution in [1.82, 2.24) is 5.32 Å². The number of amides is 1. The van der Waals surface area contributed by atoms with Crippen molar-refractivity contribution >= 4 is 15.7 Å². The van der Waals surface area contributed by atoms with Gasteiger partial charge in [-0.1, -0.05) is 12.1 Å². The second kappa shape index (κ2) is 6.83. The zero-order chi connectivity index (χ0) is 15.3. The molecular formula is C13H19NO5S. The molecule has 0 aliphatic rings. The molecule has 0 aromatic heterocycles. The Hall–Kier alpha value is -1.44. The highest BCUT2D eigenvalue weighted by Gasteiger charge is 2.18. The molecule has 0 fully saturated rings. The average molecular weight is 301 g/mol. The van der Waals surface area contributed by atoms with Crippen molar-refractivity contribution < 1.29 is 23.4 Å². The Morgan fingerprint density at radius 1 is 1.25 bits per heavy atom. The van der Waals surface area contributed by atoms with Crippen LogP contribution in [0.2, 0.25) is 0 Å². The van der Waals surface area contributed by atoms with Gasteiger partial charge in [-0.2, -0.15) is 0 Å². The maximum atomic E-state index is 11.3. The molecule has 6 nitrogen and oxygen atoms in total. The van der Waals surface area contributed by atoms with Crippen LogP contribution in [0.3, 0.4) is 0 Å². The van der Waals surface area contributed by atoms with Gasteiger partial charge in [-0.15, -0.1) is 0 Å². The van der Waals surface area contributed by atoms with E-state index in [-0.39, 0.29) is 23.8 Å². The van der Waals surface area contributed by atoms with Crippen molar-refractivity contribution in [2.24, 2.45) is 0 Å². The first-order valence-corrected chi connectivity index (χ1v) is 8.01. The molecule has 112 valence electrons. The van der Waals surface area contributed by atoms with E-state index in [0.717, 1.165) is 6.26 Å². The Bertz CT molecular complexity index is 553. The van der Waals surface area contributed by atoms with Gasteiger partial charge in [0.15, 0.2) is 9.84 Å². The molecule has 1 rings (SSSR count). The molecule has 0 aliphatic heterocycles. The van der Waals surface area contributed by atoms with Crippen LogP contribution in [0.1, 0.15) is 25.0 Å². The Morgan fingerprint density at radius 3 is 2.25 bits per heavy atom. The summed E-state index contributed by atoms with van der Waals surface area (Å²) in [6, 6.07) is 5.69. The number of sulfone groups is 1. The van der Waals surface area contributed by atoms with Crippen molar-refractivity contribution in [3.63, 3.8) is 0 Å². The Balaban J connectivity index is 2.67. The number of aliphatic hydroxyl groups excluding tert-OH is 2. The number of hydrogen-bond donors (Lipinski definition) is 3. The van der Waals surface area contributed by atoms with Gasteiger partial charge in [-0.25, -0.2) is 8.42 Å².